The van der Waals surface area contributed by atoms with Gasteiger partial charge in [0.1, 0.15) is 0 Å². The van der Waals surface area contributed by atoms with Gasteiger partial charge in [0.25, 0.3) is 0 Å². The molecule has 1 rings (SSSR count). The van der Waals surface area contributed by atoms with Gasteiger partial charge in [-0.2, -0.15) is 0 Å². The highest BCUT2D eigenvalue weighted by Gasteiger charge is 2.18. The summed E-state index contributed by atoms with van der Waals surface area (Å²) in [4.78, 5) is 37.6. The van der Waals surface area contributed by atoms with Gasteiger partial charge in [0.05, 0.1) is 6.04 Å². The molecule has 0 aromatic heterocycles. The number of benzene rings is 1. The molecule has 0 spiro atoms. The Balaban J connectivity index is 0.00000576. The third-order valence-electron chi connectivity index (χ3n) is 3.59. The Bertz CT molecular complexity index is 581. The molecular formula is C17H25BrClN3O3. The van der Waals surface area contributed by atoms with Crippen LogP contribution < -0.4 is 10.6 Å². The highest BCUT2D eigenvalue weighted by Crippen LogP contribution is 2.12. The maximum absolute atomic E-state index is 12.2. The van der Waals surface area contributed by atoms with E-state index in [1.807, 2.05) is 7.05 Å². The summed E-state index contributed by atoms with van der Waals surface area (Å²) in [6, 6.07) is 6.34. The third kappa shape index (κ3) is 8.47. The quantitative estimate of drug-likeness (QED) is 0.583. The summed E-state index contributed by atoms with van der Waals surface area (Å²) < 4.78 is 0.886. The Morgan fingerprint density at radius 3 is 2.32 bits per heavy atom. The zero-order valence-electron chi connectivity index (χ0n) is 14.7. The van der Waals surface area contributed by atoms with Gasteiger partial charge in [-0.15, -0.1) is 12.4 Å². The van der Waals surface area contributed by atoms with Crippen molar-refractivity contribution in [3.8, 4) is 0 Å². The number of amides is 2. The SMILES string of the molecule is CNCCN(C)C(=O)CCC(=O)NC(C)C(=O)c1ccc(Br)cc1.Cl. The summed E-state index contributed by atoms with van der Waals surface area (Å²) >= 11 is 3.31. The summed E-state index contributed by atoms with van der Waals surface area (Å²) in [5.74, 6) is -0.552. The standard InChI is InChI=1S/C17H24BrN3O3.ClH/c1-12(17(24)13-4-6-14(18)7-5-13)20-15(22)8-9-16(23)21(3)11-10-19-2;/h4-7,12,19H,8-11H2,1-3H3,(H,20,22);1H. The van der Waals surface area contributed by atoms with Gasteiger partial charge in [-0.3, -0.25) is 14.4 Å². The number of Topliss-reactive ketones (excluding diaryl/α,β-unsaturated/α-hetero) is 1. The van der Waals surface area contributed by atoms with Crippen molar-refractivity contribution in [1.82, 2.24) is 15.5 Å². The molecule has 2 N–H and O–H groups in total. The first kappa shape index (κ1) is 23.6. The summed E-state index contributed by atoms with van der Waals surface area (Å²) in [5.41, 5.74) is 0.536. The second-order valence-corrected chi connectivity index (χ2v) is 6.49. The van der Waals surface area contributed by atoms with Gasteiger partial charge in [0.2, 0.25) is 11.8 Å². The molecule has 8 heteroatoms. The van der Waals surface area contributed by atoms with Crippen molar-refractivity contribution in [2.75, 3.05) is 27.2 Å². The maximum atomic E-state index is 12.2. The molecule has 0 aliphatic heterocycles. The molecular weight excluding hydrogens is 410 g/mol. The number of hydrogen-bond acceptors (Lipinski definition) is 4. The molecule has 140 valence electrons. The van der Waals surface area contributed by atoms with Crippen molar-refractivity contribution in [3.63, 3.8) is 0 Å². The van der Waals surface area contributed by atoms with Crippen molar-refractivity contribution in [3.05, 3.63) is 34.3 Å². The zero-order chi connectivity index (χ0) is 18.1. The molecule has 1 aromatic rings. The van der Waals surface area contributed by atoms with Crippen molar-refractivity contribution in [1.29, 1.82) is 0 Å². The summed E-state index contributed by atoms with van der Waals surface area (Å²) in [6.45, 7) is 2.94. The molecule has 0 heterocycles. The lowest BCUT2D eigenvalue weighted by atomic mass is 10.1. The highest BCUT2D eigenvalue weighted by molar-refractivity contribution is 9.10. The first-order chi connectivity index (χ1) is 11.3. The van der Waals surface area contributed by atoms with Gasteiger partial charge in [-0.25, -0.2) is 0 Å². The van der Waals surface area contributed by atoms with Crippen LogP contribution in [0.4, 0.5) is 0 Å². The van der Waals surface area contributed by atoms with E-state index < -0.39 is 6.04 Å². The zero-order valence-corrected chi connectivity index (χ0v) is 17.1. The van der Waals surface area contributed by atoms with Crippen LogP contribution in [0, 0.1) is 0 Å². The van der Waals surface area contributed by atoms with Crippen molar-refractivity contribution in [2.24, 2.45) is 0 Å². The van der Waals surface area contributed by atoms with E-state index in [9.17, 15) is 14.4 Å². The molecule has 0 bridgehead atoms. The fourth-order valence-electron chi connectivity index (χ4n) is 2.06. The van der Waals surface area contributed by atoms with Gasteiger partial charge in [-0.05, 0) is 26.1 Å². The lowest BCUT2D eigenvalue weighted by Gasteiger charge is -2.17. The largest absolute Gasteiger partial charge is 0.346 e. The van der Waals surface area contributed by atoms with Crippen LogP contribution in [-0.2, 0) is 9.59 Å². The fourth-order valence-corrected chi connectivity index (χ4v) is 2.32. The number of rotatable bonds is 9. The van der Waals surface area contributed by atoms with Gasteiger partial charge < -0.3 is 15.5 Å². The molecule has 0 saturated heterocycles. The fraction of sp³-hybridized carbons (Fsp3) is 0.471. The number of hydrogen-bond donors (Lipinski definition) is 2. The minimum atomic E-state index is -0.629. The van der Waals surface area contributed by atoms with Crippen LogP contribution in [0.2, 0.25) is 0 Å². The molecule has 0 radical (unpaired) electrons. The molecule has 25 heavy (non-hydrogen) atoms. The van der Waals surface area contributed by atoms with Crippen LogP contribution in [0.3, 0.4) is 0 Å². The van der Waals surface area contributed by atoms with E-state index in [1.54, 1.807) is 43.1 Å². The summed E-state index contributed by atoms with van der Waals surface area (Å²) in [7, 11) is 3.52. The predicted molar refractivity (Wildman–Crippen MR) is 104 cm³/mol. The maximum Gasteiger partial charge on any atom is 0.222 e. The van der Waals surface area contributed by atoms with Gasteiger partial charge in [0.15, 0.2) is 5.78 Å². The highest BCUT2D eigenvalue weighted by atomic mass is 79.9. The lowest BCUT2D eigenvalue weighted by molar-refractivity contribution is -0.132. The Hall–Kier alpha value is -1.44. The number of nitrogens with zero attached hydrogens (tertiary/aromatic N) is 1. The van der Waals surface area contributed by atoms with Gasteiger partial charge in [0, 0.05) is 43.0 Å². The molecule has 2 amide bonds. The number of carbonyl (C=O) groups excluding carboxylic acids is 3. The topological polar surface area (TPSA) is 78.5 Å². The molecule has 1 unspecified atom stereocenters. The van der Waals surface area contributed by atoms with Gasteiger partial charge >= 0.3 is 0 Å². The van der Waals surface area contributed by atoms with Gasteiger partial charge in [-0.1, -0.05) is 28.1 Å². The Labute approximate surface area is 163 Å². The first-order valence-electron chi connectivity index (χ1n) is 7.83. The minimum absolute atomic E-state index is 0. The molecule has 1 aromatic carbocycles. The second-order valence-electron chi connectivity index (χ2n) is 5.58. The van der Waals surface area contributed by atoms with Crippen LogP contribution in [0.1, 0.15) is 30.1 Å². The molecule has 0 saturated carbocycles. The number of halogens is 2. The average molecular weight is 435 g/mol. The average Bonchev–Trinajstić information content (AvgIpc) is 2.57. The predicted octanol–water partition coefficient (Wildman–Crippen LogP) is 2.02. The van der Waals surface area contributed by atoms with Crippen molar-refractivity contribution in [2.45, 2.75) is 25.8 Å². The normalized spacial score (nSPS) is 11.2. The second kappa shape index (κ2) is 12.0. The number of likely N-dealkylation sites (N-methyl/N-ethyl adjacent to an activating group) is 2. The van der Waals surface area contributed by atoms with E-state index in [4.69, 9.17) is 0 Å². The van der Waals surface area contributed by atoms with Crippen LogP contribution in [0.25, 0.3) is 0 Å². The smallest absolute Gasteiger partial charge is 0.222 e. The molecule has 0 fully saturated rings. The summed E-state index contributed by atoms with van der Waals surface area (Å²) in [5, 5.41) is 5.61. The third-order valence-corrected chi connectivity index (χ3v) is 4.12. The van der Waals surface area contributed by atoms with Crippen LogP contribution in [0.5, 0.6) is 0 Å². The Morgan fingerprint density at radius 1 is 1.16 bits per heavy atom. The number of carbonyl (C=O) groups is 3. The Kier molecular flexibility index (Phi) is 11.3. The summed E-state index contributed by atoms with van der Waals surface area (Å²) in [6.07, 6.45) is 0.200. The molecule has 0 aliphatic rings. The minimum Gasteiger partial charge on any atom is -0.346 e. The monoisotopic (exact) mass is 433 g/mol. The van der Waals surface area contributed by atoms with E-state index in [1.165, 1.54) is 0 Å². The van der Waals surface area contributed by atoms with E-state index in [2.05, 4.69) is 26.6 Å². The molecule has 1 atom stereocenters. The van der Waals surface area contributed by atoms with Crippen LogP contribution >= 0.6 is 28.3 Å². The van der Waals surface area contributed by atoms with E-state index in [0.717, 1.165) is 4.47 Å². The van der Waals surface area contributed by atoms with Crippen molar-refractivity contribution >= 4 is 45.9 Å². The number of ketones is 1. The van der Waals surface area contributed by atoms with Crippen LogP contribution in [0.15, 0.2) is 28.7 Å². The lowest BCUT2D eigenvalue weighted by Crippen LogP contribution is -2.39. The van der Waals surface area contributed by atoms with E-state index in [-0.39, 0.29) is 42.8 Å². The molecule has 0 aliphatic carbocycles. The first-order valence-corrected chi connectivity index (χ1v) is 8.62. The van der Waals surface area contributed by atoms with Crippen molar-refractivity contribution < 1.29 is 14.4 Å². The van der Waals surface area contributed by atoms with Crippen LogP contribution in [-0.4, -0.2) is 55.7 Å². The number of nitrogens with one attached hydrogen (secondary N) is 2. The molecule has 6 nitrogen and oxygen atoms in total. The van der Waals surface area contributed by atoms with E-state index in [0.29, 0.717) is 18.7 Å². The Morgan fingerprint density at radius 2 is 1.76 bits per heavy atom. The van der Waals surface area contributed by atoms with E-state index >= 15 is 0 Å².